The largest absolute Gasteiger partial charge is 0.309 e. The minimum absolute atomic E-state index is 0.542. The van der Waals surface area contributed by atoms with Crippen molar-refractivity contribution in [1.82, 2.24) is 33.2 Å². The van der Waals surface area contributed by atoms with Gasteiger partial charge in [-0.1, -0.05) is 164 Å². The van der Waals surface area contributed by atoms with E-state index in [0.29, 0.717) is 17.6 Å². The summed E-state index contributed by atoms with van der Waals surface area (Å²) in [4.78, 5) is 16.0. The van der Waals surface area contributed by atoms with Crippen molar-refractivity contribution in [3.8, 4) is 45.8 Å². The Labute approximate surface area is 401 Å². The molecule has 7 heteroatoms. The van der Waals surface area contributed by atoms with Gasteiger partial charge in [0.25, 0.3) is 0 Å². The summed E-state index contributed by atoms with van der Waals surface area (Å²) in [5.74, 6) is 1.75. The highest BCUT2D eigenvalue weighted by molar-refractivity contribution is 6.24. The molecule has 70 heavy (non-hydrogen) atoms. The lowest BCUT2D eigenvalue weighted by Gasteiger charge is -2.13. The van der Waals surface area contributed by atoms with Gasteiger partial charge in [0.05, 0.1) is 44.1 Å². The summed E-state index contributed by atoms with van der Waals surface area (Å²) in [5.41, 5.74) is 13.9. The van der Waals surface area contributed by atoms with Crippen LogP contribution in [0.15, 0.2) is 237 Å². The number of fused-ring (bicyclic) bond motifs is 13. The molecular formula is C63H39N7. The summed E-state index contributed by atoms with van der Waals surface area (Å²) < 4.78 is 9.52. The van der Waals surface area contributed by atoms with Gasteiger partial charge in [-0.2, -0.15) is 9.97 Å². The van der Waals surface area contributed by atoms with Gasteiger partial charge in [-0.15, -0.1) is 0 Å². The van der Waals surface area contributed by atoms with Crippen LogP contribution in [0.4, 0.5) is 0 Å². The predicted molar refractivity (Wildman–Crippen MR) is 288 cm³/mol. The van der Waals surface area contributed by atoms with Crippen LogP contribution in [-0.2, 0) is 0 Å². The van der Waals surface area contributed by atoms with Crippen LogP contribution < -0.4 is 0 Å². The average Bonchev–Trinajstić information content (AvgIpc) is 4.16. The molecule has 0 aliphatic heterocycles. The Morgan fingerprint density at radius 2 is 0.586 bits per heavy atom. The van der Waals surface area contributed by atoms with E-state index >= 15 is 0 Å². The van der Waals surface area contributed by atoms with Gasteiger partial charge in [0, 0.05) is 71.3 Å². The third-order valence-corrected chi connectivity index (χ3v) is 14.2. The van der Waals surface area contributed by atoms with Crippen molar-refractivity contribution in [2.24, 2.45) is 0 Å². The van der Waals surface area contributed by atoms with Crippen LogP contribution in [0, 0.1) is 0 Å². The van der Waals surface area contributed by atoms with E-state index in [4.69, 9.17) is 15.0 Å². The summed E-state index contributed by atoms with van der Waals surface area (Å²) in [6, 6.07) is 84.5. The van der Waals surface area contributed by atoms with Crippen molar-refractivity contribution in [2.45, 2.75) is 0 Å². The maximum atomic E-state index is 5.42. The van der Waals surface area contributed by atoms with Crippen molar-refractivity contribution in [3.63, 3.8) is 0 Å². The molecule has 0 atom stereocenters. The summed E-state index contributed by atoms with van der Waals surface area (Å²) in [6.45, 7) is 0. The maximum Gasteiger partial charge on any atom is 0.238 e. The molecule has 5 heterocycles. The Hall–Kier alpha value is -9.59. The highest BCUT2D eigenvalue weighted by Gasteiger charge is 2.25. The van der Waals surface area contributed by atoms with E-state index in [1.165, 1.54) is 32.6 Å². The first-order chi connectivity index (χ1) is 34.7. The third-order valence-electron chi connectivity index (χ3n) is 14.2. The Balaban J connectivity index is 1.09. The number of benzene rings is 10. The fraction of sp³-hybridized carbons (Fsp3) is 0. The first-order valence-electron chi connectivity index (χ1n) is 23.7. The number of aromatic nitrogens is 7. The lowest BCUT2D eigenvalue weighted by Crippen LogP contribution is -2.07. The smallest absolute Gasteiger partial charge is 0.238 e. The molecule has 10 aromatic carbocycles. The topological polar surface area (TPSA) is 58.4 Å². The SMILES string of the molecule is c1ccc(-c2nc(-c3ccccc3)nc(-n3c4ccc(-n5c6ccccc6c6ccccc65)cc4c4ccc5c6cc(-n7c8ccccc8c8ccccc87)ccc6n(-c6ccccc6)c5c43)n2)cc1. The zero-order valence-corrected chi connectivity index (χ0v) is 37.6. The van der Waals surface area contributed by atoms with Crippen LogP contribution in [0.1, 0.15) is 0 Å². The van der Waals surface area contributed by atoms with Crippen molar-refractivity contribution in [1.29, 1.82) is 0 Å². The molecule has 0 amide bonds. The molecule has 15 rings (SSSR count). The van der Waals surface area contributed by atoms with Crippen LogP contribution >= 0.6 is 0 Å². The fourth-order valence-corrected chi connectivity index (χ4v) is 11.2. The second kappa shape index (κ2) is 15.0. The molecule has 0 radical (unpaired) electrons. The summed E-state index contributed by atoms with van der Waals surface area (Å²) in [6.07, 6.45) is 0. The molecular weight excluding hydrogens is 855 g/mol. The Morgan fingerprint density at radius 1 is 0.229 bits per heavy atom. The second-order valence-electron chi connectivity index (χ2n) is 18.0. The normalized spacial score (nSPS) is 12.0. The Morgan fingerprint density at radius 3 is 1.03 bits per heavy atom. The molecule has 0 saturated carbocycles. The zero-order valence-electron chi connectivity index (χ0n) is 37.6. The van der Waals surface area contributed by atoms with E-state index in [-0.39, 0.29) is 0 Å². The van der Waals surface area contributed by atoms with E-state index in [1.807, 2.05) is 36.4 Å². The van der Waals surface area contributed by atoms with E-state index in [2.05, 4.69) is 218 Å². The molecule has 0 fully saturated rings. The standard InChI is InChI=1S/C63H39N7/c1-4-18-40(19-5-1)61-64-62(41-20-6-2-7-21-41)66-63(65-61)70-58-37-33-44(68-55-30-16-12-26-47(55)48-27-13-17-31-56(48)68)39-52(58)50-35-34-49-51-38-43(67-53-28-14-10-24-45(53)46-25-11-15-29-54(46)67)32-36-57(51)69(59(49)60(50)70)42-22-8-3-9-23-42/h1-39H. The van der Waals surface area contributed by atoms with Gasteiger partial charge in [0.1, 0.15) is 0 Å². The lowest BCUT2D eigenvalue weighted by molar-refractivity contribution is 0.953. The Kier molecular flexibility index (Phi) is 8.23. The maximum absolute atomic E-state index is 5.42. The van der Waals surface area contributed by atoms with Crippen molar-refractivity contribution in [3.05, 3.63) is 237 Å². The number of para-hydroxylation sites is 5. The molecule has 0 N–H and O–H groups in total. The number of nitrogens with zero attached hydrogens (tertiary/aromatic N) is 7. The van der Waals surface area contributed by atoms with Crippen LogP contribution in [0.2, 0.25) is 0 Å². The molecule has 0 saturated heterocycles. The quantitative estimate of drug-likeness (QED) is 0.167. The third kappa shape index (κ3) is 5.60. The number of rotatable bonds is 6. The van der Waals surface area contributed by atoms with Gasteiger partial charge >= 0.3 is 0 Å². The Bertz CT molecular complexity index is 4410. The average molecular weight is 894 g/mol. The van der Waals surface area contributed by atoms with Gasteiger partial charge in [0.15, 0.2) is 11.6 Å². The van der Waals surface area contributed by atoms with Crippen molar-refractivity contribution in [2.75, 3.05) is 0 Å². The van der Waals surface area contributed by atoms with Crippen LogP contribution in [0.25, 0.3) is 133 Å². The molecule has 5 aromatic heterocycles. The first kappa shape index (κ1) is 38.5. The summed E-state index contributed by atoms with van der Waals surface area (Å²) in [5, 5.41) is 9.38. The van der Waals surface area contributed by atoms with Gasteiger partial charge in [-0.05, 0) is 72.8 Å². The van der Waals surface area contributed by atoms with E-state index in [9.17, 15) is 0 Å². The van der Waals surface area contributed by atoms with Gasteiger partial charge in [-0.25, -0.2) is 4.98 Å². The molecule has 7 nitrogen and oxygen atoms in total. The monoisotopic (exact) mass is 893 g/mol. The lowest BCUT2D eigenvalue weighted by atomic mass is 10.1. The summed E-state index contributed by atoms with van der Waals surface area (Å²) >= 11 is 0. The van der Waals surface area contributed by atoms with Crippen LogP contribution in [0.5, 0.6) is 0 Å². The molecule has 0 unspecified atom stereocenters. The zero-order chi connectivity index (χ0) is 45.9. The molecule has 0 spiro atoms. The van der Waals surface area contributed by atoms with Crippen LogP contribution in [0.3, 0.4) is 0 Å². The molecule has 0 bridgehead atoms. The minimum Gasteiger partial charge on any atom is -0.309 e. The molecule has 0 aliphatic carbocycles. The van der Waals surface area contributed by atoms with Gasteiger partial charge < -0.3 is 13.7 Å². The van der Waals surface area contributed by atoms with Gasteiger partial charge in [0.2, 0.25) is 5.95 Å². The highest BCUT2D eigenvalue weighted by Crippen LogP contribution is 2.44. The first-order valence-corrected chi connectivity index (χ1v) is 23.7. The highest BCUT2D eigenvalue weighted by atomic mass is 15.2. The van der Waals surface area contributed by atoms with E-state index in [1.54, 1.807) is 0 Å². The molecule has 15 aromatic rings. The predicted octanol–water partition coefficient (Wildman–Crippen LogP) is 15.6. The molecule has 0 aliphatic rings. The van der Waals surface area contributed by atoms with Crippen molar-refractivity contribution >= 4 is 87.2 Å². The number of hydrogen-bond donors (Lipinski definition) is 0. The second-order valence-corrected chi connectivity index (χ2v) is 18.0. The van der Waals surface area contributed by atoms with E-state index < -0.39 is 0 Å². The van der Waals surface area contributed by atoms with E-state index in [0.717, 1.165) is 82.8 Å². The minimum atomic E-state index is 0.542. The van der Waals surface area contributed by atoms with Crippen molar-refractivity contribution < 1.29 is 0 Å². The fourth-order valence-electron chi connectivity index (χ4n) is 11.2. The number of hydrogen-bond acceptors (Lipinski definition) is 3. The summed E-state index contributed by atoms with van der Waals surface area (Å²) in [7, 11) is 0. The van der Waals surface area contributed by atoms with Crippen LogP contribution in [-0.4, -0.2) is 33.2 Å². The van der Waals surface area contributed by atoms with Gasteiger partial charge in [-0.3, -0.25) is 4.57 Å². The molecule has 326 valence electrons.